The van der Waals surface area contributed by atoms with Gasteiger partial charge in [-0.05, 0) is 102 Å². The smallest absolute Gasteiger partial charge is 0.399 e. The number of hydrogen-bond donors (Lipinski definition) is 2. The van der Waals surface area contributed by atoms with E-state index in [0.717, 1.165) is 69.6 Å². The zero-order chi connectivity index (χ0) is 31.9. The van der Waals surface area contributed by atoms with Crippen LogP contribution in [0.15, 0.2) is 72.8 Å². The number of hydrogen-bond acceptors (Lipinski definition) is 6. The Morgan fingerprint density at radius 1 is 0.727 bits per heavy atom. The number of nitrogens with one attached hydrogen (secondary N) is 1. The van der Waals surface area contributed by atoms with Crippen LogP contribution in [-0.4, -0.2) is 67.5 Å². The molecule has 44 heavy (non-hydrogen) atoms. The van der Waals surface area contributed by atoms with Crippen LogP contribution in [-0.2, 0) is 6.18 Å². The number of nitrogens with two attached hydrogens (primary N) is 1. The van der Waals surface area contributed by atoms with E-state index >= 15 is 0 Å². The highest BCUT2D eigenvalue weighted by molar-refractivity contribution is 6.06. The number of ketones is 2. The monoisotopic (exact) mass is 608 g/mol. The van der Waals surface area contributed by atoms with Crippen molar-refractivity contribution in [2.24, 2.45) is 11.8 Å². The SMILES string of the molecule is CN1CCC(C(=O)c2cccc(N)c2)CC1.CN1CCC(C(=O)c2cccc(NC(=O)c3ccccc3C(F)(F)F)c2)CC1. The van der Waals surface area contributed by atoms with Gasteiger partial charge in [0, 0.05) is 34.3 Å². The van der Waals surface area contributed by atoms with Gasteiger partial charge in [0.05, 0.1) is 11.1 Å². The minimum absolute atomic E-state index is 0.000101. The molecule has 2 aliphatic rings. The molecular weight excluding hydrogens is 569 g/mol. The van der Waals surface area contributed by atoms with E-state index in [-0.39, 0.29) is 23.4 Å². The molecule has 0 bridgehead atoms. The van der Waals surface area contributed by atoms with Crippen LogP contribution in [0.5, 0.6) is 0 Å². The van der Waals surface area contributed by atoms with Crippen LogP contribution in [0.2, 0.25) is 0 Å². The van der Waals surface area contributed by atoms with E-state index < -0.39 is 23.2 Å². The number of halogens is 3. The third-order valence-corrected chi connectivity index (χ3v) is 8.23. The lowest BCUT2D eigenvalue weighted by molar-refractivity contribution is -0.137. The lowest BCUT2D eigenvalue weighted by atomic mass is 9.89. The first kappa shape index (κ1) is 32.9. The van der Waals surface area contributed by atoms with Crippen molar-refractivity contribution in [3.8, 4) is 0 Å². The van der Waals surface area contributed by atoms with Crippen molar-refractivity contribution in [2.75, 3.05) is 51.3 Å². The van der Waals surface area contributed by atoms with Crippen molar-refractivity contribution < 1.29 is 27.6 Å². The minimum Gasteiger partial charge on any atom is -0.399 e. The van der Waals surface area contributed by atoms with Gasteiger partial charge in [-0.1, -0.05) is 36.4 Å². The standard InChI is InChI=1S/C21H21F3N2O2.C13H18N2O/c1-26-11-9-14(10-12-26)19(27)15-5-4-6-16(13-15)25-20(28)17-7-2-3-8-18(17)21(22,23)24;1-15-7-5-10(6-8-15)13(16)11-3-2-4-12(14)9-11/h2-8,13-14H,9-12H2,1H3,(H,25,28);2-4,9-10H,5-8,14H2,1H3. The number of nitrogens with zero attached hydrogens (tertiary/aromatic N) is 2. The Balaban J connectivity index is 0.000000233. The first-order chi connectivity index (χ1) is 20.9. The molecule has 0 aromatic heterocycles. The zero-order valence-corrected chi connectivity index (χ0v) is 25.1. The summed E-state index contributed by atoms with van der Waals surface area (Å²) in [5.74, 6) is -0.511. The minimum atomic E-state index is -4.63. The number of rotatable bonds is 6. The highest BCUT2D eigenvalue weighted by Gasteiger charge is 2.35. The molecule has 234 valence electrons. The number of anilines is 2. The Morgan fingerprint density at radius 2 is 1.23 bits per heavy atom. The predicted octanol–water partition coefficient (Wildman–Crippen LogP) is 6.28. The van der Waals surface area contributed by atoms with Gasteiger partial charge >= 0.3 is 6.18 Å². The number of amides is 1. The largest absolute Gasteiger partial charge is 0.417 e. The average molecular weight is 609 g/mol. The van der Waals surface area contributed by atoms with Gasteiger partial charge in [-0.15, -0.1) is 0 Å². The molecule has 7 nitrogen and oxygen atoms in total. The molecule has 0 saturated carbocycles. The second-order valence-corrected chi connectivity index (χ2v) is 11.6. The van der Waals surface area contributed by atoms with Crippen LogP contribution in [0.25, 0.3) is 0 Å². The number of Topliss-reactive ketones (excluding diaryl/α,β-unsaturated/α-hetero) is 2. The Labute approximate surface area is 256 Å². The molecule has 0 radical (unpaired) electrons. The molecule has 3 aromatic carbocycles. The molecule has 1 amide bonds. The van der Waals surface area contributed by atoms with E-state index in [9.17, 15) is 27.6 Å². The summed E-state index contributed by atoms with van der Waals surface area (Å²) in [6, 6.07) is 18.3. The van der Waals surface area contributed by atoms with Gasteiger partial charge in [0.15, 0.2) is 11.6 Å². The lowest BCUT2D eigenvalue weighted by Gasteiger charge is -2.28. The Hall–Kier alpha value is -4.02. The Kier molecular flexibility index (Phi) is 10.9. The van der Waals surface area contributed by atoms with Crippen LogP contribution in [0.1, 0.15) is 62.3 Å². The maximum atomic E-state index is 13.1. The number of nitrogen functional groups attached to an aromatic ring is 1. The lowest BCUT2D eigenvalue weighted by Crippen LogP contribution is -2.33. The summed E-state index contributed by atoms with van der Waals surface area (Å²) in [7, 11) is 4.11. The molecule has 10 heteroatoms. The molecule has 5 rings (SSSR count). The zero-order valence-electron chi connectivity index (χ0n) is 25.1. The van der Waals surface area contributed by atoms with Crippen molar-refractivity contribution in [2.45, 2.75) is 31.9 Å². The molecular formula is C34H39F3N4O3. The highest BCUT2D eigenvalue weighted by atomic mass is 19.4. The van der Waals surface area contributed by atoms with Crippen molar-refractivity contribution in [1.29, 1.82) is 0 Å². The summed E-state index contributed by atoms with van der Waals surface area (Å²) >= 11 is 0. The molecule has 0 atom stereocenters. The van der Waals surface area contributed by atoms with E-state index in [1.54, 1.807) is 24.3 Å². The van der Waals surface area contributed by atoms with Crippen LogP contribution < -0.4 is 11.1 Å². The molecule has 3 aromatic rings. The van der Waals surface area contributed by atoms with Crippen molar-refractivity contribution in [3.05, 3.63) is 95.1 Å². The number of benzene rings is 3. The van der Waals surface area contributed by atoms with Crippen LogP contribution in [0, 0.1) is 11.8 Å². The summed E-state index contributed by atoms with van der Waals surface area (Å²) in [6.45, 7) is 3.72. The van der Waals surface area contributed by atoms with E-state index in [0.29, 0.717) is 16.9 Å². The van der Waals surface area contributed by atoms with Crippen molar-refractivity contribution in [3.63, 3.8) is 0 Å². The van der Waals surface area contributed by atoms with Gasteiger partial charge < -0.3 is 20.9 Å². The molecule has 3 N–H and O–H groups in total. The molecule has 0 unspecified atom stereocenters. The molecule has 2 aliphatic heterocycles. The second kappa shape index (κ2) is 14.6. The highest BCUT2D eigenvalue weighted by Crippen LogP contribution is 2.32. The summed E-state index contributed by atoms with van der Waals surface area (Å²) in [5.41, 5.74) is 6.41. The van der Waals surface area contributed by atoms with Crippen LogP contribution >= 0.6 is 0 Å². The first-order valence-corrected chi connectivity index (χ1v) is 14.8. The van der Waals surface area contributed by atoms with E-state index in [1.807, 2.05) is 25.2 Å². The van der Waals surface area contributed by atoms with Crippen LogP contribution in [0.4, 0.5) is 24.5 Å². The topological polar surface area (TPSA) is 95.7 Å². The maximum absolute atomic E-state index is 13.1. The molecule has 2 fully saturated rings. The Bertz CT molecular complexity index is 1460. The molecule has 0 aliphatic carbocycles. The van der Waals surface area contributed by atoms with Gasteiger partial charge in [-0.25, -0.2) is 0 Å². The van der Waals surface area contributed by atoms with Crippen molar-refractivity contribution >= 4 is 28.8 Å². The summed E-state index contributed by atoms with van der Waals surface area (Å²) < 4.78 is 39.4. The third-order valence-electron chi connectivity index (χ3n) is 8.23. The Morgan fingerprint density at radius 3 is 1.75 bits per heavy atom. The average Bonchev–Trinajstić information content (AvgIpc) is 3.01. The number of carbonyl (C=O) groups is 3. The van der Waals surface area contributed by atoms with Gasteiger partial charge in [0.2, 0.25) is 0 Å². The van der Waals surface area contributed by atoms with Gasteiger partial charge in [0.1, 0.15) is 0 Å². The number of piperidine rings is 2. The fraction of sp³-hybridized carbons (Fsp3) is 0.382. The first-order valence-electron chi connectivity index (χ1n) is 14.8. The summed E-state index contributed by atoms with van der Waals surface area (Å²) in [6.07, 6.45) is -1.16. The van der Waals surface area contributed by atoms with Gasteiger partial charge in [0.25, 0.3) is 5.91 Å². The van der Waals surface area contributed by atoms with Gasteiger partial charge in [-0.2, -0.15) is 13.2 Å². The molecule has 0 spiro atoms. The predicted molar refractivity (Wildman–Crippen MR) is 166 cm³/mol. The van der Waals surface area contributed by atoms with E-state index in [1.165, 1.54) is 18.2 Å². The van der Waals surface area contributed by atoms with Crippen LogP contribution in [0.3, 0.4) is 0 Å². The second-order valence-electron chi connectivity index (χ2n) is 11.6. The number of carbonyl (C=O) groups excluding carboxylic acids is 3. The third kappa shape index (κ3) is 8.76. The van der Waals surface area contributed by atoms with E-state index in [4.69, 9.17) is 5.73 Å². The number of likely N-dealkylation sites (tertiary alicyclic amines) is 2. The maximum Gasteiger partial charge on any atom is 0.417 e. The quantitative estimate of drug-likeness (QED) is 0.253. The van der Waals surface area contributed by atoms with E-state index in [2.05, 4.69) is 22.2 Å². The fourth-order valence-corrected chi connectivity index (χ4v) is 5.58. The number of alkyl halides is 3. The van der Waals surface area contributed by atoms with Crippen molar-refractivity contribution in [1.82, 2.24) is 9.80 Å². The summed E-state index contributed by atoms with van der Waals surface area (Å²) in [5, 5.41) is 2.48. The normalized spacial score (nSPS) is 16.9. The fourth-order valence-electron chi connectivity index (χ4n) is 5.58. The molecule has 2 saturated heterocycles. The van der Waals surface area contributed by atoms with Gasteiger partial charge in [-0.3, -0.25) is 14.4 Å². The summed E-state index contributed by atoms with van der Waals surface area (Å²) in [4.78, 5) is 41.7. The molecule has 2 heterocycles.